The number of aromatic nitrogens is 2. The third-order valence-electron chi connectivity index (χ3n) is 5.63. The number of halogens is 4. The molecule has 1 atom stereocenters. The molecule has 4 rings (SSSR count). The Balaban J connectivity index is 1.84. The molecule has 1 aliphatic heterocycles. The molecule has 0 saturated heterocycles. The summed E-state index contributed by atoms with van der Waals surface area (Å²) in [5.74, 6) is -0.833. The normalized spacial score (nSPS) is 15.0. The van der Waals surface area contributed by atoms with E-state index >= 15 is 0 Å². The molecule has 0 N–H and O–H groups in total. The van der Waals surface area contributed by atoms with E-state index in [0.29, 0.717) is 5.02 Å². The van der Waals surface area contributed by atoms with Crippen molar-refractivity contribution in [2.75, 3.05) is 4.90 Å². The predicted molar refractivity (Wildman–Crippen MR) is 131 cm³/mol. The van der Waals surface area contributed by atoms with Crippen LogP contribution < -0.4 is 25.6 Å². The largest absolute Gasteiger partial charge is 0.573 e. The monoisotopic (exact) mass is 535 g/mol. The van der Waals surface area contributed by atoms with Crippen LogP contribution in [0.1, 0.15) is 18.2 Å². The fourth-order valence-corrected chi connectivity index (χ4v) is 4.21. The van der Waals surface area contributed by atoms with Gasteiger partial charge >= 0.3 is 12.1 Å². The molecule has 0 aliphatic carbocycles. The standard InChI is InChI=1S/C25H21ClF3N3O5/c1-14(33)12-32-20-15(2)23(36-18-5-4-6-19(11-18)37-25(27,28)29)31(13-16-7-9-17(26)10-8-16)21(20)22(34)30(3)24(32)35/h4-11,23H,2,12-13H2,1,3H3. The van der Waals surface area contributed by atoms with Gasteiger partial charge in [-0.25, -0.2) is 4.79 Å². The van der Waals surface area contributed by atoms with Crippen LogP contribution in [0.5, 0.6) is 11.5 Å². The lowest BCUT2D eigenvalue weighted by Crippen LogP contribution is -2.43. The van der Waals surface area contributed by atoms with Gasteiger partial charge in [0.1, 0.15) is 23.0 Å². The average molecular weight is 536 g/mol. The Morgan fingerprint density at radius 2 is 1.76 bits per heavy atom. The van der Waals surface area contributed by atoms with Crippen molar-refractivity contribution in [2.24, 2.45) is 7.05 Å². The molecule has 3 aromatic rings. The van der Waals surface area contributed by atoms with Gasteiger partial charge in [-0.15, -0.1) is 13.2 Å². The van der Waals surface area contributed by atoms with E-state index in [1.165, 1.54) is 31.0 Å². The molecule has 1 unspecified atom stereocenters. The van der Waals surface area contributed by atoms with Crippen LogP contribution in [0.25, 0.3) is 5.57 Å². The number of anilines is 1. The Morgan fingerprint density at radius 3 is 2.38 bits per heavy atom. The van der Waals surface area contributed by atoms with E-state index in [4.69, 9.17) is 16.3 Å². The van der Waals surface area contributed by atoms with Crippen molar-refractivity contribution >= 4 is 28.6 Å². The van der Waals surface area contributed by atoms with Gasteiger partial charge in [0.25, 0.3) is 5.56 Å². The molecule has 0 bridgehead atoms. The van der Waals surface area contributed by atoms with Crippen molar-refractivity contribution in [3.8, 4) is 11.5 Å². The van der Waals surface area contributed by atoms with Gasteiger partial charge in [-0.05, 0) is 36.8 Å². The van der Waals surface area contributed by atoms with E-state index in [1.54, 1.807) is 24.3 Å². The SMILES string of the molecule is C=C1c2c(c(=O)n(C)c(=O)n2CC(C)=O)N(Cc2ccc(Cl)cc2)C1Oc1cccc(OC(F)(F)F)c1. The lowest BCUT2D eigenvalue weighted by atomic mass is 10.2. The van der Waals surface area contributed by atoms with Crippen molar-refractivity contribution < 1.29 is 27.4 Å². The first-order valence-electron chi connectivity index (χ1n) is 10.9. The van der Waals surface area contributed by atoms with Gasteiger partial charge < -0.3 is 14.4 Å². The van der Waals surface area contributed by atoms with E-state index in [2.05, 4.69) is 11.3 Å². The minimum atomic E-state index is -4.90. The number of hydrogen-bond donors (Lipinski definition) is 0. The van der Waals surface area contributed by atoms with E-state index < -0.39 is 29.6 Å². The molecule has 0 saturated carbocycles. The molecule has 12 heteroatoms. The second-order valence-electron chi connectivity index (χ2n) is 8.40. The topological polar surface area (TPSA) is 82.8 Å². The summed E-state index contributed by atoms with van der Waals surface area (Å²) < 4.78 is 50.2. The number of carbonyl (C=O) groups excluding carboxylic acids is 1. The van der Waals surface area contributed by atoms with Crippen LogP contribution in [0.15, 0.2) is 64.7 Å². The van der Waals surface area contributed by atoms with E-state index in [0.717, 1.165) is 26.8 Å². The molecule has 1 aliphatic rings. The third kappa shape index (κ3) is 5.41. The van der Waals surface area contributed by atoms with Gasteiger partial charge in [-0.2, -0.15) is 0 Å². The van der Waals surface area contributed by atoms with Crippen molar-refractivity contribution in [2.45, 2.75) is 32.6 Å². The van der Waals surface area contributed by atoms with Crippen molar-refractivity contribution in [1.82, 2.24) is 9.13 Å². The number of rotatable bonds is 7. The first kappa shape index (κ1) is 26.1. The highest BCUT2D eigenvalue weighted by Crippen LogP contribution is 2.39. The van der Waals surface area contributed by atoms with Crippen LogP contribution in [-0.4, -0.2) is 27.5 Å². The number of nitrogens with zero attached hydrogens (tertiary/aromatic N) is 3. The average Bonchev–Trinajstić information content (AvgIpc) is 3.07. The maximum atomic E-state index is 13.3. The Bertz CT molecular complexity index is 1500. The van der Waals surface area contributed by atoms with Gasteiger partial charge in [-0.3, -0.25) is 18.7 Å². The first-order valence-corrected chi connectivity index (χ1v) is 11.3. The maximum absolute atomic E-state index is 13.3. The number of hydrogen-bond acceptors (Lipinski definition) is 6. The van der Waals surface area contributed by atoms with Crippen molar-refractivity contribution in [1.29, 1.82) is 0 Å². The molecular weight excluding hydrogens is 515 g/mol. The predicted octanol–water partition coefficient (Wildman–Crippen LogP) is 4.13. The number of ether oxygens (including phenoxy) is 2. The number of Topliss-reactive ketones (excluding diaryl/α,β-unsaturated/α-hetero) is 1. The highest BCUT2D eigenvalue weighted by Gasteiger charge is 2.40. The zero-order valence-corrected chi connectivity index (χ0v) is 20.5. The van der Waals surface area contributed by atoms with Gasteiger partial charge in [0.15, 0.2) is 0 Å². The Hall–Kier alpha value is -3.99. The minimum Gasteiger partial charge on any atom is -0.466 e. The summed E-state index contributed by atoms with van der Waals surface area (Å²) in [7, 11) is 1.29. The van der Waals surface area contributed by atoms with Crippen molar-refractivity contribution in [3.05, 3.63) is 92.2 Å². The Kier molecular flexibility index (Phi) is 6.92. The number of ketones is 1. The van der Waals surface area contributed by atoms with Gasteiger partial charge in [0.05, 0.1) is 12.2 Å². The molecule has 2 aromatic carbocycles. The van der Waals surface area contributed by atoms with Gasteiger partial charge in [-0.1, -0.05) is 36.4 Å². The van der Waals surface area contributed by atoms with Crippen LogP contribution in [0.2, 0.25) is 5.02 Å². The fourth-order valence-electron chi connectivity index (χ4n) is 4.08. The van der Waals surface area contributed by atoms with Crippen LogP contribution in [0, 0.1) is 0 Å². The second kappa shape index (κ2) is 9.81. The van der Waals surface area contributed by atoms with Crippen LogP contribution >= 0.6 is 11.6 Å². The molecule has 2 heterocycles. The van der Waals surface area contributed by atoms with Gasteiger partial charge in [0.2, 0.25) is 6.23 Å². The lowest BCUT2D eigenvalue weighted by Gasteiger charge is -2.28. The Morgan fingerprint density at radius 1 is 1.11 bits per heavy atom. The van der Waals surface area contributed by atoms with Crippen LogP contribution in [0.4, 0.5) is 18.9 Å². The minimum absolute atomic E-state index is 0.000832. The summed E-state index contributed by atoms with van der Waals surface area (Å²) in [5, 5.41) is 0.496. The second-order valence-corrected chi connectivity index (χ2v) is 8.84. The van der Waals surface area contributed by atoms with E-state index in [-0.39, 0.29) is 41.6 Å². The first-order chi connectivity index (χ1) is 17.4. The van der Waals surface area contributed by atoms with Crippen molar-refractivity contribution in [3.63, 3.8) is 0 Å². The fraction of sp³-hybridized carbons (Fsp3) is 0.240. The summed E-state index contributed by atoms with van der Waals surface area (Å²) >= 11 is 5.99. The molecule has 0 amide bonds. The third-order valence-corrected chi connectivity index (χ3v) is 5.88. The highest BCUT2D eigenvalue weighted by atomic mass is 35.5. The molecule has 37 heavy (non-hydrogen) atoms. The lowest BCUT2D eigenvalue weighted by molar-refractivity contribution is -0.274. The number of alkyl halides is 3. The summed E-state index contributed by atoms with van der Waals surface area (Å²) in [5.41, 5.74) is -0.273. The molecule has 8 nitrogen and oxygen atoms in total. The summed E-state index contributed by atoms with van der Waals surface area (Å²) in [4.78, 5) is 39.7. The van der Waals surface area contributed by atoms with E-state index in [1.807, 2.05) is 0 Å². The molecule has 1 aromatic heterocycles. The zero-order valence-electron chi connectivity index (χ0n) is 19.7. The quantitative estimate of drug-likeness (QED) is 0.452. The Labute approximate surface area is 213 Å². The summed E-state index contributed by atoms with van der Waals surface area (Å²) in [6, 6.07) is 11.7. The maximum Gasteiger partial charge on any atom is 0.573 e. The zero-order chi connectivity index (χ0) is 27.1. The molecule has 194 valence electrons. The molecule has 0 radical (unpaired) electrons. The molecule has 0 spiro atoms. The number of fused-ring (bicyclic) bond motifs is 1. The van der Waals surface area contributed by atoms with Crippen LogP contribution in [0.3, 0.4) is 0 Å². The summed E-state index contributed by atoms with van der Waals surface area (Å²) in [6.45, 7) is 5.10. The summed E-state index contributed by atoms with van der Waals surface area (Å²) in [6.07, 6.45) is -6.00. The number of benzene rings is 2. The van der Waals surface area contributed by atoms with E-state index in [9.17, 15) is 27.6 Å². The highest BCUT2D eigenvalue weighted by molar-refractivity contribution is 6.30. The van der Waals surface area contributed by atoms with Crippen LogP contribution in [-0.2, 0) is 24.9 Å². The molecule has 0 fully saturated rings. The number of carbonyl (C=O) groups is 1. The smallest absolute Gasteiger partial charge is 0.466 e. The van der Waals surface area contributed by atoms with Gasteiger partial charge in [0, 0.05) is 30.3 Å². The molecular formula is C25H21ClF3N3O5.